The Hall–Kier alpha value is -1.90. The molecule has 0 radical (unpaired) electrons. The molecule has 1 aliphatic rings. The second-order valence-electron chi connectivity index (χ2n) is 5.07. The molecule has 1 aromatic heterocycles. The fourth-order valence-corrected chi connectivity index (χ4v) is 3.02. The van der Waals surface area contributed by atoms with Crippen LogP contribution >= 0.6 is 0 Å². The number of likely N-dealkylation sites (tertiary alicyclic amines) is 1. The fraction of sp³-hybridized carbons (Fsp3) is 0.500. The highest BCUT2D eigenvalue weighted by Crippen LogP contribution is 2.31. The van der Waals surface area contributed by atoms with Crippen LogP contribution in [0.15, 0.2) is 18.6 Å². The molecule has 2 N–H and O–H groups in total. The number of nitrogens with zero attached hydrogens (tertiary/aromatic N) is 2. The van der Waals surface area contributed by atoms with Crippen LogP contribution < -0.4 is 4.72 Å². The molecule has 9 heteroatoms. The predicted molar refractivity (Wildman–Crippen MR) is 75.9 cm³/mol. The summed E-state index contributed by atoms with van der Waals surface area (Å²) in [5.74, 6) is -1.85. The lowest BCUT2D eigenvalue weighted by atomic mass is 9.94. The second-order valence-corrected chi connectivity index (χ2v) is 6.82. The normalized spacial score (nSPS) is 19.3. The van der Waals surface area contributed by atoms with Gasteiger partial charge in [0.25, 0.3) is 5.91 Å². The lowest BCUT2D eigenvalue weighted by Gasteiger charge is -2.32. The minimum atomic E-state index is -3.42. The number of halogens is 1. The van der Waals surface area contributed by atoms with E-state index in [2.05, 4.69) is 21.5 Å². The topological polar surface area (TPSA) is 95.2 Å². The summed E-state index contributed by atoms with van der Waals surface area (Å²) in [4.78, 5) is 13.0. The number of nitrogens with one attached hydrogen (secondary N) is 2. The average Bonchev–Trinajstić information content (AvgIpc) is 2.83. The van der Waals surface area contributed by atoms with E-state index in [0.717, 1.165) is 12.7 Å². The van der Waals surface area contributed by atoms with Crippen LogP contribution in [0, 0.1) is 0 Å². The first kappa shape index (κ1) is 15.5. The minimum absolute atomic E-state index is 0.131. The number of hydrogen-bond acceptors (Lipinski definition) is 4. The second kappa shape index (κ2) is 5.84. The van der Waals surface area contributed by atoms with Crippen LogP contribution in [0.25, 0.3) is 0 Å². The molecular formula is C12H17FN4O3S. The molecule has 0 bridgehead atoms. The van der Waals surface area contributed by atoms with Gasteiger partial charge in [0.15, 0.2) is 5.83 Å². The van der Waals surface area contributed by atoms with Gasteiger partial charge in [0.05, 0.1) is 23.8 Å². The molecule has 1 saturated heterocycles. The summed E-state index contributed by atoms with van der Waals surface area (Å²) in [7, 11) is -3.42. The summed E-state index contributed by atoms with van der Waals surface area (Å²) < 4.78 is 38.0. The number of aromatic amines is 1. The molecule has 0 saturated carbocycles. The van der Waals surface area contributed by atoms with Crippen molar-refractivity contribution >= 4 is 21.6 Å². The summed E-state index contributed by atoms with van der Waals surface area (Å²) in [6.07, 6.45) is 3.88. The van der Waals surface area contributed by atoms with Crippen LogP contribution in [0.5, 0.6) is 0 Å². The van der Waals surface area contributed by atoms with Crippen LogP contribution in [0.3, 0.4) is 0 Å². The molecule has 1 aliphatic heterocycles. The highest BCUT2D eigenvalue weighted by atomic mass is 32.2. The van der Waals surface area contributed by atoms with Gasteiger partial charge in [-0.15, -0.1) is 0 Å². The first-order valence-corrected chi connectivity index (χ1v) is 8.32. The fourth-order valence-electron chi connectivity index (χ4n) is 2.46. The van der Waals surface area contributed by atoms with Crippen molar-refractivity contribution in [3.63, 3.8) is 0 Å². The molecule has 2 heterocycles. The minimum Gasteiger partial charge on any atom is -0.336 e. The standard InChI is InChI=1S/C12H17FN4O3S/c1-8(13)12(18)17-5-3-4-9(7-17)11-10(6-14-15-11)16-21(2,19)20/h6,9,16H,1,3-5,7H2,2H3,(H,14,15). The molecule has 1 unspecified atom stereocenters. The van der Waals surface area contributed by atoms with Crippen molar-refractivity contribution in [2.75, 3.05) is 24.1 Å². The van der Waals surface area contributed by atoms with Gasteiger partial charge in [-0.3, -0.25) is 14.6 Å². The van der Waals surface area contributed by atoms with Gasteiger partial charge in [-0.2, -0.15) is 5.10 Å². The Balaban J connectivity index is 2.17. The van der Waals surface area contributed by atoms with Gasteiger partial charge < -0.3 is 4.90 Å². The zero-order valence-electron chi connectivity index (χ0n) is 11.6. The van der Waals surface area contributed by atoms with E-state index in [1.165, 1.54) is 11.1 Å². The molecule has 1 aromatic rings. The van der Waals surface area contributed by atoms with Crippen LogP contribution in [0.4, 0.5) is 10.1 Å². The molecular weight excluding hydrogens is 299 g/mol. The first-order valence-electron chi connectivity index (χ1n) is 6.42. The van der Waals surface area contributed by atoms with E-state index in [1.807, 2.05) is 0 Å². The van der Waals surface area contributed by atoms with Crippen molar-refractivity contribution in [2.24, 2.45) is 0 Å². The summed E-state index contributed by atoms with van der Waals surface area (Å²) >= 11 is 0. The number of sulfonamides is 1. The largest absolute Gasteiger partial charge is 0.336 e. The van der Waals surface area contributed by atoms with Crippen molar-refractivity contribution in [1.82, 2.24) is 15.1 Å². The molecule has 7 nitrogen and oxygen atoms in total. The maximum Gasteiger partial charge on any atom is 0.281 e. The van der Waals surface area contributed by atoms with E-state index in [-0.39, 0.29) is 5.92 Å². The highest BCUT2D eigenvalue weighted by molar-refractivity contribution is 7.92. The molecule has 21 heavy (non-hydrogen) atoms. The van der Waals surface area contributed by atoms with Crippen molar-refractivity contribution in [3.8, 4) is 0 Å². The Morgan fingerprint density at radius 2 is 2.33 bits per heavy atom. The Labute approximate surface area is 122 Å². The molecule has 116 valence electrons. The molecule has 0 spiro atoms. The first-order chi connectivity index (χ1) is 9.78. The van der Waals surface area contributed by atoms with Crippen LogP contribution in [-0.4, -0.2) is 48.8 Å². The summed E-state index contributed by atoms with van der Waals surface area (Å²) in [5.41, 5.74) is 0.957. The van der Waals surface area contributed by atoms with Crippen molar-refractivity contribution in [1.29, 1.82) is 0 Å². The molecule has 1 atom stereocenters. The van der Waals surface area contributed by atoms with Gasteiger partial charge in [-0.05, 0) is 12.8 Å². The van der Waals surface area contributed by atoms with Gasteiger partial charge >= 0.3 is 0 Å². The Morgan fingerprint density at radius 1 is 1.62 bits per heavy atom. The molecule has 0 aromatic carbocycles. The number of rotatable bonds is 4. The third kappa shape index (κ3) is 3.81. The molecule has 1 amide bonds. The number of H-pyrrole nitrogens is 1. The van der Waals surface area contributed by atoms with Crippen LogP contribution in [0.2, 0.25) is 0 Å². The highest BCUT2D eigenvalue weighted by Gasteiger charge is 2.29. The lowest BCUT2D eigenvalue weighted by molar-refractivity contribution is -0.129. The van der Waals surface area contributed by atoms with Gasteiger partial charge in [0.2, 0.25) is 10.0 Å². The SMILES string of the molecule is C=C(F)C(=O)N1CCCC(c2[nH]ncc2NS(C)(=O)=O)C1. The van der Waals surface area contributed by atoms with Crippen LogP contribution in [0.1, 0.15) is 24.5 Å². The number of carbonyl (C=O) groups is 1. The predicted octanol–water partition coefficient (Wildman–Crippen LogP) is 0.970. The van der Waals surface area contributed by atoms with Crippen molar-refractivity contribution in [3.05, 3.63) is 24.3 Å². The number of piperidine rings is 1. The monoisotopic (exact) mass is 316 g/mol. The average molecular weight is 316 g/mol. The quantitative estimate of drug-likeness (QED) is 0.809. The lowest BCUT2D eigenvalue weighted by Crippen LogP contribution is -2.39. The van der Waals surface area contributed by atoms with E-state index in [1.54, 1.807) is 0 Å². The number of aromatic nitrogens is 2. The Morgan fingerprint density at radius 3 is 2.95 bits per heavy atom. The van der Waals surface area contributed by atoms with Gasteiger partial charge in [0, 0.05) is 19.0 Å². The van der Waals surface area contributed by atoms with Crippen molar-refractivity contribution < 1.29 is 17.6 Å². The summed E-state index contributed by atoms with van der Waals surface area (Å²) in [6.45, 7) is 3.77. The Kier molecular flexibility index (Phi) is 4.31. The number of hydrogen-bond donors (Lipinski definition) is 2. The van der Waals surface area contributed by atoms with E-state index < -0.39 is 21.8 Å². The molecule has 1 fully saturated rings. The zero-order chi connectivity index (χ0) is 15.6. The van der Waals surface area contributed by atoms with E-state index in [4.69, 9.17) is 0 Å². The number of anilines is 1. The Bertz CT molecular complexity index is 655. The zero-order valence-corrected chi connectivity index (χ0v) is 12.4. The van der Waals surface area contributed by atoms with E-state index >= 15 is 0 Å². The van der Waals surface area contributed by atoms with E-state index in [0.29, 0.717) is 30.9 Å². The van der Waals surface area contributed by atoms with Crippen LogP contribution in [-0.2, 0) is 14.8 Å². The maximum atomic E-state index is 13.0. The van der Waals surface area contributed by atoms with Gasteiger partial charge in [0.1, 0.15) is 0 Å². The van der Waals surface area contributed by atoms with Gasteiger partial charge in [-0.1, -0.05) is 6.58 Å². The smallest absolute Gasteiger partial charge is 0.281 e. The maximum absolute atomic E-state index is 13.0. The summed E-state index contributed by atoms with van der Waals surface area (Å²) in [6, 6.07) is 0. The molecule has 2 rings (SSSR count). The molecule has 0 aliphatic carbocycles. The number of carbonyl (C=O) groups excluding carboxylic acids is 1. The van der Waals surface area contributed by atoms with Crippen molar-refractivity contribution in [2.45, 2.75) is 18.8 Å². The van der Waals surface area contributed by atoms with E-state index in [9.17, 15) is 17.6 Å². The third-order valence-electron chi connectivity index (χ3n) is 3.31. The number of amides is 1. The van der Waals surface area contributed by atoms with Gasteiger partial charge in [-0.25, -0.2) is 12.8 Å². The summed E-state index contributed by atoms with van der Waals surface area (Å²) in [5, 5.41) is 6.60. The third-order valence-corrected chi connectivity index (χ3v) is 3.90.